The van der Waals surface area contributed by atoms with Crippen molar-refractivity contribution in [2.45, 2.75) is 13.8 Å². The number of nitrogens with one attached hydrogen (secondary N) is 1. The molecule has 0 saturated heterocycles. The maximum atomic E-state index is 11.0. The Morgan fingerprint density at radius 1 is 1.17 bits per heavy atom. The lowest BCUT2D eigenvalue weighted by Gasteiger charge is -2.14. The van der Waals surface area contributed by atoms with Crippen molar-refractivity contribution in [2.24, 2.45) is 0 Å². The maximum Gasteiger partial charge on any atom is 0.227 e. The summed E-state index contributed by atoms with van der Waals surface area (Å²) in [4.78, 5) is 22.4. The molecule has 1 rings (SSSR count). The molecule has 0 spiro atoms. The van der Waals surface area contributed by atoms with Gasteiger partial charge in [0, 0.05) is 25.7 Å². The summed E-state index contributed by atoms with van der Waals surface area (Å²) in [5.74, 6) is -0.110. The first-order chi connectivity index (χ1) is 8.52. The number of benzene rings is 1. The Kier molecular flexibility index (Phi) is 7.61. The number of carbonyl (C=O) groups excluding carboxylic acids is 2. The van der Waals surface area contributed by atoms with Crippen molar-refractivity contribution in [1.82, 2.24) is 5.32 Å². The van der Waals surface area contributed by atoms with Crippen LogP contribution in [-0.2, 0) is 9.59 Å². The molecular weight excluding hydrogens is 228 g/mol. The molecule has 1 aromatic rings. The minimum Gasteiger partial charge on any atom is -0.334 e. The zero-order chi connectivity index (χ0) is 14.0. The second-order valence-electron chi connectivity index (χ2n) is 3.31. The lowest BCUT2D eigenvalue weighted by Crippen LogP contribution is -2.20. The van der Waals surface area contributed by atoms with Crippen LogP contribution in [0.4, 0.5) is 5.69 Å². The molecule has 0 aromatic heterocycles. The van der Waals surface area contributed by atoms with Gasteiger partial charge in [0.2, 0.25) is 11.8 Å². The third-order valence-electron chi connectivity index (χ3n) is 1.86. The molecule has 0 atom stereocenters. The topological polar surface area (TPSA) is 49.4 Å². The fraction of sp³-hybridized carbons (Fsp3) is 0.143. The highest BCUT2D eigenvalue weighted by molar-refractivity contribution is 5.93. The van der Waals surface area contributed by atoms with Gasteiger partial charge in [-0.25, -0.2) is 0 Å². The van der Waals surface area contributed by atoms with Crippen molar-refractivity contribution in [3.63, 3.8) is 0 Å². The van der Waals surface area contributed by atoms with Crippen LogP contribution >= 0.6 is 0 Å². The monoisotopic (exact) mass is 246 g/mol. The van der Waals surface area contributed by atoms with Gasteiger partial charge in [-0.3, -0.25) is 14.5 Å². The summed E-state index contributed by atoms with van der Waals surface area (Å²) in [6.07, 6.45) is 2.86. The van der Waals surface area contributed by atoms with Crippen molar-refractivity contribution >= 4 is 17.5 Å². The van der Waals surface area contributed by atoms with Gasteiger partial charge in [0.15, 0.2) is 0 Å². The molecule has 0 aliphatic heterocycles. The van der Waals surface area contributed by atoms with Crippen molar-refractivity contribution in [3.05, 3.63) is 55.9 Å². The van der Waals surface area contributed by atoms with Crippen LogP contribution < -0.4 is 10.2 Å². The predicted molar refractivity (Wildman–Crippen MR) is 73.8 cm³/mol. The summed E-state index contributed by atoms with van der Waals surface area (Å²) in [6.45, 7) is 9.77. The fourth-order valence-electron chi connectivity index (χ4n) is 1.15. The van der Waals surface area contributed by atoms with E-state index in [0.29, 0.717) is 0 Å². The third-order valence-corrected chi connectivity index (χ3v) is 1.86. The summed E-state index contributed by atoms with van der Waals surface area (Å²) < 4.78 is 0. The van der Waals surface area contributed by atoms with Gasteiger partial charge < -0.3 is 5.32 Å². The lowest BCUT2D eigenvalue weighted by molar-refractivity contribution is -0.118. The number of carbonyl (C=O) groups is 2. The average molecular weight is 246 g/mol. The number of amides is 2. The summed E-state index contributed by atoms with van der Waals surface area (Å²) in [5.41, 5.74) is 0.847. The number of anilines is 1. The molecule has 18 heavy (non-hydrogen) atoms. The Morgan fingerprint density at radius 3 is 2.00 bits per heavy atom. The lowest BCUT2D eigenvalue weighted by atomic mass is 10.3. The molecule has 0 unspecified atom stereocenters. The van der Waals surface area contributed by atoms with E-state index in [-0.39, 0.29) is 11.8 Å². The zero-order valence-electron chi connectivity index (χ0n) is 10.7. The van der Waals surface area contributed by atoms with Gasteiger partial charge in [-0.2, -0.15) is 0 Å². The van der Waals surface area contributed by atoms with Gasteiger partial charge in [0.1, 0.15) is 0 Å². The van der Waals surface area contributed by atoms with E-state index in [2.05, 4.69) is 18.5 Å². The van der Waals surface area contributed by atoms with Crippen LogP contribution in [0.3, 0.4) is 0 Å². The number of hydrogen-bond donors (Lipinski definition) is 1. The van der Waals surface area contributed by atoms with Gasteiger partial charge in [0.05, 0.1) is 0 Å². The molecule has 0 heterocycles. The summed E-state index contributed by atoms with van der Waals surface area (Å²) in [7, 11) is 0. The molecule has 4 nitrogen and oxygen atoms in total. The number of para-hydroxylation sites is 1. The zero-order valence-corrected chi connectivity index (χ0v) is 10.7. The van der Waals surface area contributed by atoms with Gasteiger partial charge >= 0.3 is 0 Å². The van der Waals surface area contributed by atoms with E-state index in [4.69, 9.17) is 0 Å². The molecule has 0 radical (unpaired) electrons. The van der Waals surface area contributed by atoms with E-state index in [1.54, 1.807) is 0 Å². The molecule has 0 saturated carbocycles. The Balaban J connectivity index is 0.000000411. The van der Waals surface area contributed by atoms with Crippen molar-refractivity contribution in [1.29, 1.82) is 0 Å². The largest absolute Gasteiger partial charge is 0.334 e. The molecule has 0 bridgehead atoms. The SMILES string of the molecule is C=CN(C(C)=O)c1ccccc1.C=CNC(C)=O. The van der Waals surface area contributed by atoms with Gasteiger partial charge in [-0.15, -0.1) is 0 Å². The quantitative estimate of drug-likeness (QED) is 0.890. The third kappa shape index (κ3) is 6.27. The highest BCUT2D eigenvalue weighted by Crippen LogP contribution is 2.12. The molecule has 1 aromatic carbocycles. The van der Waals surface area contributed by atoms with Crippen LogP contribution in [0.5, 0.6) is 0 Å². The number of hydrogen-bond acceptors (Lipinski definition) is 2. The number of rotatable bonds is 3. The van der Waals surface area contributed by atoms with E-state index in [0.717, 1.165) is 5.69 Å². The first-order valence-electron chi connectivity index (χ1n) is 5.38. The molecule has 0 aliphatic carbocycles. The normalized spacial score (nSPS) is 8.33. The molecular formula is C14H18N2O2. The van der Waals surface area contributed by atoms with E-state index in [1.165, 1.54) is 31.1 Å². The summed E-state index contributed by atoms with van der Waals surface area (Å²) >= 11 is 0. The van der Waals surface area contributed by atoms with Crippen LogP contribution in [0.25, 0.3) is 0 Å². The maximum absolute atomic E-state index is 11.0. The highest BCUT2D eigenvalue weighted by Gasteiger charge is 2.04. The van der Waals surface area contributed by atoms with Crippen LogP contribution in [0.1, 0.15) is 13.8 Å². The Hall–Kier alpha value is -2.36. The Morgan fingerprint density at radius 2 is 1.72 bits per heavy atom. The van der Waals surface area contributed by atoms with Crippen LogP contribution in [0.15, 0.2) is 55.9 Å². The second-order valence-corrected chi connectivity index (χ2v) is 3.31. The highest BCUT2D eigenvalue weighted by atomic mass is 16.2. The van der Waals surface area contributed by atoms with Gasteiger partial charge in [-0.1, -0.05) is 31.4 Å². The van der Waals surface area contributed by atoms with Crippen molar-refractivity contribution in [2.75, 3.05) is 4.90 Å². The molecule has 96 valence electrons. The van der Waals surface area contributed by atoms with E-state index in [1.807, 2.05) is 30.3 Å². The van der Waals surface area contributed by atoms with Gasteiger partial charge in [0.25, 0.3) is 0 Å². The smallest absolute Gasteiger partial charge is 0.227 e. The van der Waals surface area contributed by atoms with E-state index in [9.17, 15) is 9.59 Å². The van der Waals surface area contributed by atoms with Gasteiger partial charge in [-0.05, 0) is 18.3 Å². The number of nitrogens with zero attached hydrogens (tertiary/aromatic N) is 1. The first kappa shape index (κ1) is 15.6. The molecule has 2 amide bonds. The van der Waals surface area contributed by atoms with E-state index >= 15 is 0 Å². The van der Waals surface area contributed by atoms with Crippen LogP contribution in [0, 0.1) is 0 Å². The van der Waals surface area contributed by atoms with Crippen LogP contribution in [-0.4, -0.2) is 11.8 Å². The Labute approximate surface area is 108 Å². The summed E-state index contributed by atoms with van der Waals surface area (Å²) in [6, 6.07) is 9.40. The molecule has 1 N–H and O–H groups in total. The minimum atomic E-state index is -0.0787. The average Bonchev–Trinajstić information content (AvgIpc) is 2.31. The Bertz CT molecular complexity index is 413. The summed E-state index contributed by atoms with van der Waals surface area (Å²) in [5, 5.41) is 2.33. The first-order valence-corrected chi connectivity index (χ1v) is 5.38. The molecule has 0 aliphatic rings. The fourth-order valence-corrected chi connectivity index (χ4v) is 1.15. The predicted octanol–water partition coefficient (Wildman–Crippen LogP) is 2.45. The molecule has 0 fully saturated rings. The minimum absolute atomic E-state index is 0.0313. The van der Waals surface area contributed by atoms with E-state index < -0.39 is 0 Å². The molecule has 4 heteroatoms. The standard InChI is InChI=1S/C10H11NO.C4H7NO/c1-3-11(9(2)12)10-7-5-4-6-8-10;1-3-5-4(2)6/h3-8H,1H2,2H3;3H,1H2,2H3,(H,5,6). The second kappa shape index (κ2) is 8.75. The van der Waals surface area contributed by atoms with Crippen molar-refractivity contribution in [3.8, 4) is 0 Å². The van der Waals surface area contributed by atoms with Crippen LogP contribution in [0.2, 0.25) is 0 Å². The van der Waals surface area contributed by atoms with Crippen molar-refractivity contribution < 1.29 is 9.59 Å².